The van der Waals surface area contributed by atoms with E-state index in [1.807, 2.05) is 19.1 Å². The first-order chi connectivity index (χ1) is 11.5. The van der Waals surface area contributed by atoms with Gasteiger partial charge in [-0.25, -0.2) is 0 Å². The molecule has 5 heteroatoms. The molecule has 0 fully saturated rings. The number of Topliss-reactive ketones (excluding diaryl/α,β-unsaturated/α-hetero) is 1. The van der Waals surface area contributed by atoms with Gasteiger partial charge in [0.2, 0.25) is 5.91 Å². The van der Waals surface area contributed by atoms with E-state index in [-0.39, 0.29) is 11.7 Å². The van der Waals surface area contributed by atoms with Gasteiger partial charge in [0.25, 0.3) is 0 Å². The minimum Gasteiger partial charge on any atom is -0.494 e. The molecule has 0 spiro atoms. The van der Waals surface area contributed by atoms with Gasteiger partial charge in [0, 0.05) is 22.7 Å². The maximum absolute atomic E-state index is 11.9. The van der Waals surface area contributed by atoms with Crippen molar-refractivity contribution in [2.24, 2.45) is 0 Å². The van der Waals surface area contributed by atoms with E-state index < -0.39 is 0 Å². The fourth-order valence-electron chi connectivity index (χ4n) is 2.10. The molecule has 1 amide bonds. The summed E-state index contributed by atoms with van der Waals surface area (Å²) in [7, 11) is 0. The molecule has 4 nitrogen and oxygen atoms in total. The van der Waals surface area contributed by atoms with Gasteiger partial charge in [-0.3, -0.25) is 9.59 Å². The van der Waals surface area contributed by atoms with Crippen molar-refractivity contribution in [3.05, 3.63) is 58.6 Å². The highest BCUT2D eigenvalue weighted by atomic mass is 35.5. The van der Waals surface area contributed by atoms with Gasteiger partial charge < -0.3 is 10.1 Å². The first-order valence-electron chi connectivity index (χ1n) is 7.75. The van der Waals surface area contributed by atoms with Gasteiger partial charge in [-0.15, -0.1) is 0 Å². The maximum atomic E-state index is 11.9. The second kappa shape index (κ2) is 8.50. The first-order valence-corrected chi connectivity index (χ1v) is 8.13. The van der Waals surface area contributed by atoms with Crippen LogP contribution in [0.3, 0.4) is 0 Å². The maximum Gasteiger partial charge on any atom is 0.224 e. The van der Waals surface area contributed by atoms with Crippen molar-refractivity contribution in [2.45, 2.75) is 26.7 Å². The topological polar surface area (TPSA) is 55.4 Å². The number of carbonyl (C=O) groups is 2. The molecule has 126 valence electrons. The van der Waals surface area contributed by atoms with E-state index in [0.29, 0.717) is 41.5 Å². The second-order valence-electron chi connectivity index (χ2n) is 5.54. The fraction of sp³-hybridized carbons (Fsp3) is 0.263. The Balaban J connectivity index is 1.72. The molecular formula is C19H20ClNO3. The summed E-state index contributed by atoms with van der Waals surface area (Å²) in [5, 5.41) is 3.44. The van der Waals surface area contributed by atoms with E-state index in [0.717, 1.165) is 5.56 Å². The van der Waals surface area contributed by atoms with Gasteiger partial charge in [0.1, 0.15) is 5.75 Å². The van der Waals surface area contributed by atoms with Crippen molar-refractivity contribution in [3.8, 4) is 5.75 Å². The lowest BCUT2D eigenvalue weighted by atomic mass is 10.1. The van der Waals surface area contributed by atoms with Gasteiger partial charge >= 0.3 is 0 Å². The molecule has 1 N–H and O–H groups in total. The Morgan fingerprint density at radius 3 is 2.46 bits per heavy atom. The molecule has 0 atom stereocenters. The van der Waals surface area contributed by atoms with Gasteiger partial charge in [-0.05, 0) is 62.2 Å². The molecule has 0 aliphatic heterocycles. The van der Waals surface area contributed by atoms with Crippen LogP contribution in [0.1, 0.15) is 35.7 Å². The molecule has 24 heavy (non-hydrogen) atoms. The molecule has 0 aromatic heterocycles. The number of hydrogen-bond donors (Lipinski definition) is 1. The van der Waals surface area contributed by atoms with Crippen LogP contribution >= 0.6 is 11.6 Å². The number of ketones is 1. The lowest BCUT2D eigenvalue weighted by Gasteiger charge is -2.08. The smallest absolute Gasteiger partial charge is 0.224 e. The van der Waals surface area contributed by atoms with Crippen molar-refractivity contribution < 1.29 is 14.3 Å². The monoisotopic (exact) mass is 345 g/mol. The predicted octanol–water partition coefficient (Wildman–Crippen LogP) is 4.65. The average Bonchev–Trinajstić information content (AvgIpc) is 2.55. The number of hydrogen-bond acceptors (Lipinski definition) is 3. The lowest BCUT2D eigenvalue weighted by Crippen LogP contribution is -2.12. The van der Waals surface area contributed by atoms with Crippen molar-refractivity contribution in [1.82, 2.24) is 0 Å². The Morgan fingerprint density at radius 2 is 1.83 bits per heavy atom. The van der Waals surface area contributed by atoms with Crippen molar-refractivity contribution in [1.29, 1.82) is 0 Å². The number of halogens is 1. The van der Waals surface area contributed by atoms with Crippen molar-refractivity contribution in [3.63, 3.8) is 0 Å². The zero-order valence-electron chi connectivity index (χ0n) is 13.8. The summed E-state index contributed by atoms with van der Waals surface area (Å²) in [6.45, 7) is 3.87. The largest absolute Gasteiger partial charge is 0.494 e. The SMILES string of the molecule is CC(=O)c1ccc(OCCCC(=O)Nc2ccc(C)c(Cl)c2)cc1. The Hall–Kier alpha value is -2.33. The number of anilines is 1. The standard InChI is InChI=1S/C19H20ClNO3/c1-13-5-8-16(12-18(13)20)21-19(23)4-3-11-24-17-9-6-15(7-10-17)14(2)22/h5-10,12H,3-4,11H2,1-2H3,(H,21,23). The van der Waals surface area contributed by atoms with Crippen molar-refractivity contribution >= 4 is 29.0 Å². The molecule has 0 heterocycles. The Kier molecular flexibility index (Phi) is 6.38. The number of nitrogens with one attached hydrogen (secondary N) is 1. The Labute approximate surface area is 146 Å². The summed E-state index contributed by atoms with van der Waals surface area (Å²) in [5.74, 6) is 0.630. The minimum atomic E-state index is -0.0783. The molecule has 0 unspecified atom stereocenters. The molecule has 0 radical (unpaired) electrons. The van der Waals surface area contributed by atoms with Crippen molar-refractivity contribution in [2.75, 3.05) is 11.9 Å². The summed E-state index contributed by atoms with van der Waals surface area (Å²) >= 11 is 6.03. The Morgan fingerprint density at radius 1 is 1.12 bits per heavy atom. The first kappa shape index (κ1) is 18.0. The van der Waals surface area contributed by atoms with Gasteiger partial charge in [-0.1, -0.05) is 17.7 Å². The number of ether oxygens (including phenoxy) is 1. The van der Waals surface area contributed by atoms with E-state index in [4.69, 9.17) is 16.3 Å². The molecule has 0 saturated carbocycles. The van der Waals surface area contributed by atoms with Gasteiger partial charge in [0.05, 0.1) is 6.61 Å². The van der Waals surface area contributed by atoms with Crippen LogP contribution in [-0.2, 0) is 4.79 Å². The summed E-state index contributed by atoms with van der Waals surface area (Å²) in [6, 6.07) is 12.4. The Bertz CT molecular complexity index is 726. The summed E-state index contributed by atoms with van der Waals surface area (Å²) in [5.41, 5.74) is 2.31. The van der Waals surface area contributed by atoms with Crippen LogP contribution in [0, 0.1) is 6.92 Å². The van der Waals surface area contributed by atoms with Crippen LogP contribution in [0.2, 0.25) is 5.02 Å². The highest BCUT2D eigenvalue weighted by Crippen LogP contribution is 2.20. The number of amides is 1. The third kappa shape index (κ3) is 5.39. The molecule has 0 bridgehead atoms. The second-order valence-corrected chi connectivity index (χ2v) is 5.95. The zero-order valence-corrected chi connectivity index (χ0v) is 14.5. The third-order valence-corrected chi connectivity index (χ3v) is 3.94. The van der Waals surface area contributed by atoms with E-state index in [9.17, 15) is 9.59 Å². The lowest BCUT2D eigenvalue weighted by molar-refractivity contribution is -0.116. The van der Waals surface area contributed by atoms with Crippen LogP contribution in [-0.4, -0.2) is 18.3 Å². The van der Waals surface area contributed by atoms with Crippen LogP contribution in [0.5, 0.6) is 5.75 Å². The highest BCUT2D eigenvalue weighted by molar-refractivity contribution is 6.31. The molecule has 0 aliphatic carbocycles. The van der Waals surface area contributed by atoms with Crippen LogP contribution in [0.15, 0.2) is 42.5 Å². The van der Waals surface area contributed by atoms with Crippen LogP contribution in [0.4, 0.5) is 5.69 Å². The number of aryl methyl sites for hydroxylation is 1. The van der Waals surface area contributed by atoms with Crippen LogP contribution in [0.25, 0.3) is 0 Å². The molecule has 2 rings (SSSR count). The normalized spacial score (nSPS) is 10.3. The molecule has 0 aliphatic rings. The molecule has 2 aromatic rings. The van der Waals surface area contributed by atoms with Gasteiger partial charge in [0.15, 0.2) is 5.78 Å². The van der Waals surface area contributed by atoms with Crippen LogP contribution < -0.4 is 10.1 Å². The molecule has 2 aromatic carbocycles. The van der Waals surface area contributed by atoms with E-state index in [1.54, 1.807) is 30.3 Å². The summed E-state index contributed by atoms with van der Waals surface area (Å²) < 4.78 is 5.56. The van der Waals surface area contributed by atoms with E-state index in [2.05, 4.69) is 5.32 Å². The summed E-state index contributed by atoms with van der Waals surface area (Å²) in [6.07, 6.45) is 0.955. The zero-order chi connectivity index (χ0) is 17.5. The van der Waals surface area contributed by atoms with Gasteiger partial charge in [-0.2, -0.15) is 0 Å². The minimum absolute atomic E-state index is 0.0226. The van der Waals surface area contributed by atoms with E-state index in [1.165, 1.54) is 6.92 Å². The molecular weight excluding hydrogens is 326 g/mol. The van der Waals surface area contributed by atoms with E-state index >= 15 is 0 Å². The number of benzene rings is 2. The average molecular weight is 346 g/mol. The molecule has 0 saturated heterocycles. The third-order valence-electron chi connectivity index (χ3n) is 3.53. The number of rotatable bonds is 7. The quantitative estimate of drug-likeness (QED) is 0.587. The number of carbonyl (C=O) groups excluding carboxylic acids is 2. The predicted molar refractivity (Wildman–Crippen MR) is 96.0 cm³/mol. The summed E-state index contributed by atoms with van der Waals surface area (Å²) in [4.78, 5) is 23.1. The highest BCUT2D eigenvalue weighted by Gasteiger charge is 2.05. The fourth-order valence-corrected chi connectivity index (χ4v) is 2.28.